The highest BCUT2D eigenvalue weighted by atomic mass is 16.5. The van der Waals surface area contributed by atoms with Crippen LogP contribution in [0, 0.1) is 5.41 Å². The maximum atomic E-state index is 6.23. The van der Waals surface area contributed by atoms with E-state index < -0.39 is 5.60 Å². The van der Waals surface area contributed by atoms with Gasteiger partial charge in [0.25, 0.3) is 0 Å². The molecule has 1 aromatic heterocycles. The van der Waals surface area contributed by atoms with Crippen LogP contribution in [0.25, 0.3) is 0 Å². The van der Waals surface area contributed by atoms with E-state index in [4.69, 9.17) is 15.5 Å². The van der Waals surface area contributed by atoms with Crippen molar-refractivity contribution in [1.29, 1.82) is 0 Å². The molecule has 0 aromatic carbocycles. The monoisotopic (exact) mass is 263 g/mol. The van der Waals surface area contributed by atoms with Gasteiger partial charge in [-0.15, -0.1) is 0 Å². The first-order valence-corrected chi connectivity index (χ1v) is 6.98. The molecule has 4 heteroatoms. The van der Waals surface area contributed by atoms with Gasteiger partial charge in [0, 0.05) is 30.6 Å². The maximum absolute atomic E-state index is 6.23. The SMILES string of the molecule is CCC(C)(OC)c1ncc2c(n1)CC(C)(C)CC2N. The van der Waals surface area contributed by atoms with Gasteiger partial charge in [-0.3, -0.25) is 0 Å². The highest BCUT2D eigenvalue weighted by Crippen LogP contribution is 2.39. The fraction of sp³-hybridized carbons (Fsp3) is 0.733. The molecule has 0 radical (unpaired) electrons. The molecule has 2 N–H and O–H groups in total. The zero-order valence-electron chi connectivity index (χ0n) is 12.7. The van der Waals surface area contributed by atoms with Gasteiger partial charge in [0.2, 0.25) is 0 Å². The molecule has 2 rings (SSSR count). The van der Waals surface area contributed by atoms with Crippen LogP contribution in [-0.2, 0) is 16.8 Å². The molecule has 4 nitrogen and oxygen atoms in total. The second kappa shape index (κ2) is 4.84. The lowest BCUT2D eigenvalue weighted by Gasteiger charge is -2.35. The number of hydrogen-bond acceptors (Lipinski definition) is 4. The van der Waals surface area contributed by atoms with Crippen molar-refractivity contribution < 1.29 is 4.74 Å². The van der Waals surface area contributed by atoms with Crippen LogP contribution in [0.15, 0.2) is 6.20 Å². The van der Waals surface area contributed by atoms with E-state index in [2.05, 4.69) is 25.8 Å². The Hall–Kier alpha value is -1.00. The molecule has 0 saturated carbocycles. The van der Waals surface area contributed by atoms with Crippen molar-refractivity contribution in [3.63, 3.8) is 0 Å². The molecule has 0 aliphatic heterocycles. The number of nitrogens with two attached hydrogens (primary N) is 1. The molecule has 0 fully saturated rings. The van der Waals surface area contributed by atoms with Gasteiger partial charge in [0.15, 0.2) is 5.82 Å². The van der Waals surface area contributed by atoms with E-state index in [1.165, 1.54) is 0 Å². The molecular formula is C15H25N3O. The first-order chi connectivity index (χ1) is 8.81. The lowest BCUT2D eigenvalue weighted by molar-refractivity contribution is -0.00939. The molecule has 1 aromatic rings. The Morgan fingerprint density at radius 1 is 1.53 bits per heavy atom. The van der Waals surface area contributed by atoms with Crippen LogP contribution in [0.5, 0.6) is 0 Å². The van der Waals surface area contributed by atoms with Crippen molar-refractivity contribution >= 4 is 0 Å². The van der Waals surface area contributed by atoms with E-state index in [0.29, 0.717) is 0 Å². The molecule has 2 atom stereocenters. The summed E-state index contributed by atoms with van der Waals surface area (Å²) in [4.78, 5) is 9.24. The second-order valence-electron chi connectivity index (χ2n) is 6.54. The predicted octanol–water partition coefficient (Wildman–Crippen LogP) is 2.72. The summed E-state index contributed by atoms with van der Waals surface area (Å²) < 4.78 is 5.59. The Bertz CT molecular complexity index is 466. The van der Waals surface area contributed by atoms with Gasteiger partial charge < -0.3 is 10.5 Å². The number of hydrogen-bond donors (Lipinski definition) is 1. The van der Waals surface area contributed by atoms with Gasteiger partial charge in [-0.05, 0) is 31.6 Å². The van der Waals surface area contributed by atoms with Crippen molar-refractivity contribution in [3.05, 3.63) is 23.3 Å². The first kappa shape index (κ1) is 14.4. The molecule has 0 bridgehead atoms. The summed E-state index contributed by atoms with van der Waals surface area (Å²) in [6.07, 6.45) is 4.68. The van der Waals surface area contributed by atoms with Gasteiger partial charge in [0.1, 0.15) is 5.60 Å². The van der Waals surface area contributed by atoms with Crippen LogP contribution < -0.4 is 5.73 Å². The Morgan fingerprint density at radius 3 is 2.79 bits per heavy atom. The molecular weight excluding hydrogens is 238 g/mol. The highest BCUT2D eigenvalue weighted by Gasteiger charge is 2.34. The number of nitrogens with zero attached hydrogens (tertiary/aromatic N) is 2. The standard InChI is InChI=1S/C15H25N3O/c1-6-15(4,19-5)13-17-9-10-11(16)7-14(2,3)8-12(10)18-13/h9,11H,6-8,16H2,1-5H3. The van der Waals surface area contributed by atoms with E-state index >= 15 is 0 Å². The summed E-state index contributed by atoms with van der Waals surface area (Å²) in [6.45, 7) is 8.60. The molecule has 1 heterocycles. The summed E-state index contributed by atoms with van der Waals surface area (Å²) >= 11 is 0. The summed E-state index contributed by atoms with van der Waals surface area (Å²) in [5, 5.41) is 0. The Morgan fingerprint density at radius 2 is 2.21 bits per heavy atom. The Kier molecular flexibility index (Phi) is 3.67. The summed E-state index contributed by atoms with van der Waals surface area (Å²) in [5.74, 6) is 0.765. The van der Waals surface area contributed by atoms with Crippen LogP contribution >= 0.6 is 0 Å². The predicted molar refractivity (Wildman–Crippen MR) is 75.7 cm³/mol. The van der Waals surface area contributed by atoms with E-state index in [-0.39, 0.29) is 11.5 Å². The molecule has 106 valence electrons. The summed E-state index contributed by atoms with van der Waals surface area (Å²) in [5.41, 5.74) is 8.20. The minimum absolute atomic E-state index is 0.0447. The highest BCUT2D eigenvalue weighted by molar-refractivity contribution is 5.27. The van der Waals surface area contributed by atoms with E-state index in [1.807, 2.05) is 13.1 Å². The zero-order chi connectivity index (χ0) is 14.3. The van der Waals surface area contributed by atoms with Gasteiger partial charge in [-0.1, -0.05) is 20.8 Å². The van der Waals surface area contributed by atoms with E-state index in [1.54, 1.807) is 7.11 Å². The third kappa shape index (κ3) is 2.65. The minimum Gasteiger partial charge on any atom is -0.371 e. The summed E-state index contributed by atoms with van der Waals surface area (Å²) in [7, 11) is 1.71. The van der Waals surface area contributed by atoms with Crippen LogP contribution in [0.1, 0.15) is 63.7 Å². The fourth-order valence-corrected chi connectivity index (χ4v) is 2.76. The molecule has 1 aliphatic carbocycles. The maximum Gasteiger partial charge on any atom is 0.160 e. The number of fused-ring (bicyclic) bond motifs is 1. The van der Waals surface area contributed by atoms with Gasteiger partial charge in [0.05, 0.1) is 0 Å². The van der Waals surface area contributed by atoms with E-state index in [9.17, 15) is 0 Å². The fourth-order valence-electron chi connectivity index (χ4n) is 2.76. The van der Waals surface area contributed by atoms with E-state index in [0.717, 1.165) is 36.3 Å². The zero-order valence-corrected chi connectivity index (χ0v) is 12.7. The topological polar surface area (TPSA) is 61.0 Å². The molecule has 0 spiro atoms. The van der Waals surface area contributed by atoms with Crippen molar-refractivity contribution in [2.45, 2.75) is 58.6 Å². The average Bonchev–Trinajstić information content (AvgIpc) is 2.35. The second-order valence-corrected chi connectivity index (χ2v) is 6.54. The first-order valence-electron chi connectivity index (χ1n) is 6.98. The normalized spacial score (nSPS) is 24.6. The number of methoxy groups -OCH3 is 1. The van der Waals surface area contributed by atoms with Gasteiger partial charge in [-0.25, -0.2) is 9.97 Å². The Labute approximate surface area is 115 Å². The van der Waals surface area contributed by atoms with Crippen molar-refractivity contribution in [2.24, 2.45) is 11.1 Å². The van der Waals surface area contributed by atoms with Crippen LogP contribution in [0.4, 0.5) is 0 Å². The summed E-state index contributed by atoms with van der Waals surface area (Å²) in [6, 6.07) is 0.0447. The van der Waals surface area contributed by atoms with Crippen molar-refractivity contribution in [3.8, 4) is 0 Å². The lowest BCUT2D eigenvalue weighted by Crippen LogP contribution is -2.33. The van der Waals surface area contributed by atoms with Gasteiger partial charge in [-0.2, -0.15) is 0 Å². The van der Waals surface area contributed by atoms with Crippen molar-refractivity contribution in [2.75, 3.05) is 7.11 Å². The molecule has 2 unspecified atom stereocenters. The van der Waals surface area contributed by atoms with Crippen LogP contribution in [0.2, 0.25) is 0 Å². The van der Waals surface area contributed by atoms with Crippen molar-refractivity contribution in [1.82, 2.24) is 9.97 Å². The van der Waals surface area contributed by atoms with Crippen LogP contribution in [0.3, 0.4) is 0 Å². The Balaban J connectivity index is 2.44. The lowest BCUT2D eigenvalue weighted by atomic mass is 9.74. The number of ether oxygens (including phenoxy) is 1. The minimum atomic E-state index is -0.416. The third-order valence-electron chi connectivity index (χ3n) is 4.32. The molecule has 1 aliphatic rings. The third-order valence-corrected chi connectivity index (χ3v) is 4.32. The quantitative estimate of drug-likeness (QED) is 0.911. The number of rotatable bonds is 3. The molecule has 0 amide bonds. The average molecular weight is 263 g/mol. The molecule has 19 heavy (non-hydrogen) atoms. The largest absolute Gasteiger partial charge is 0.371 e. The number of aromatic nitrogens is 2. The smallest absolute Gasteiger partial charge is 0.160 e. The van der Waals surface area contributed by atoms with Crippen LogP contribution in [-0.4, -0.2) is 17.1 Å². The molecule has 0 saturated heterocycles. The van der Waals surface area contributed by atoms with Gasteiger partial charge >= 0.3 is 0 Å².